The van der Waals surface area contributed by atoms with E-state index in [1.165, 1.54) is 30.4 Å². The van der Waals surface area contributed by atoms with Crippen LogP contribution >= 0.6 is 24.8 Å². The Morgan fingerprint density at radius 2 is 2.00 bits per heavy atom. The Bertz CT molecular complexity index is 174. The van der Waals surface area contributed by atoms with E-state index >= 15 is 0 Å². The van der Waals surface area contributed by atoms with Crippen LogP contribution < -0.4 is 0 Å². The predicted molar refractivity (Wildman–Crippen MR) is 59.2 cm³/mol. The van der Waals surface area contributed by atoms with Crippen molar-refractivity contribution in [2.75, 3.05) is 0 Å². The zero-order valence-electron chi connectivity index (χ0n) is 8.22. The molecule has 1 aliphatic carbocycles. The topological polar surface area (TPSA) is 0 Å². The van der Waals surface area contributed by atoms with Crippen molar-refractivity contribution in [3.8, 4) is 0 Å². The summed E-state index contributed by atoms with van der Waals surface area (Å²) in [7, 11) is 0. The summed E-state index contributed by atoms with van der Waals surface area (Å²) in [5, 5.41) is 0. The van der Waals surface area contributed by atoms with Crippen LogP contribution in [0.15, 0.2) is 17.2 Å². The molecule has 0 heterocycles. The maximum absolute atomic E-state index is 3.30. The Hall–Kier alpha value is 0.943. The fraction of sp³-hybridized carbons (Fsp3) is 0.600. The Labute approximate surface area is 113 Å². The van der Waals surface area contributed by atoms with Gasteiger partial charge in [0.2, 0.25) is 0 Å². The SMILES string of the molecule is CCCCC1=CC[C-]=C1C.Cl.Cl.[Zr]. The van der Waals surface area contributed by atoms with Crippen molar-refractivity contribution in [2.45, 2.75) is 39.5 Å². The summed E-state index contributed by atoms with van der Waals surface area (Å²) in [6.07, 6.45) is 10.5. The quantitative estimate of drug-likeness (QED) is 0.688. The van der Waals surface area contributed by atoms with Gasteiger partial charge in [0.15, 0.2) is 0 Å². The fourth-order valence-electron chi connectivity index (χ4n) is 1.25. The molecule has 0 amide bonds. The molecule has 13 heavy (non-hydrogen) atoms. The van der Waals surface area contributed by atoms with Crippen molar-refractivity contribution in [3.63, 3.8) is 0 Å². The van der Waals surface area contributed by atoms with Crippen LogP contribution in [-0.2, 0) is 26.2 Å². The van der Waals surface area contributed by atoms with Crippen molar-refractivity contribution in [1.29, 1.82) is 0 Å². The van der Waals surface area contributed by atoms with E-state index in [0.29, 0.717) is 0 Å². The van der Waals surface area contributed by atoms with Gasteiger partial charge in [-0.3, -0.25) is 6.08 Å². The van der Waals surface area contributed by atoms with E-state index in [2.05, 4.69) is 26.0 Å². The first-order valence-electron chi connectivity index (χ1n) is 4.11. The average molecular weight is 299 g/mol. The van der Waals surface area contributed by atoms with E-state index in [0.717, 1.165) is 6.42 Å². The van der Waals surface area contributed by atoms with Gasteiger partial charge >= 0.3 is 0 Å². The first-order chi connectivity index (χ1) is 4.84. The number of allylic oxidation sites excluding steroid dienone is 4. The molecule has 0 nitrogen and oxygen atoms in total. The second kappa shape index (κ2) is 11.0. The molecule has 0 saturated heterocycles. The average Bonchev–Trinajstić information content (AvgIpc) is 2.31. The molecule has 0 bridgehead atoms. The van der Waals surface area contributed by atoms with E-state index in [1.54, 1.807) is 0 Å². The molecule has 1 aliphatic rings. The molecule has 0 N–H and O–H groups in total. The number of hydrogen-bond acceptors (Lipinski definition) is 0. The number of hydrogen-bond donors (Lipinski definition) is 0. The van der Waals surface area contributed by atoms with Gasteiger partial charge in [-0.05, 0) is 0 Å². The Kier molecular flexibility index (Phi) is 16.5. The Balaban J connectivity index is -0.000000333. The number of rotatable bonds is 3. The standard InChI is InChI=1S/C10H15.2ClH.Zr/c1-3-4-7-10-8-5-6-9(10)2;;;/h8H,3-5,7H2,1-2H3;2*1H;/q-1;;;. The van der Waals surface area contributed by atoms with Gasteiger partial charge in [0.25, 0.3) is 0 Å². The van der Waals surface area contributed by atoms with Crippen LogP contribution in [-0.4, -0.2) is 0 Å². The zero-order chi connectivity index (χ0) is 7.40. The van der Waals surface area contributed by atoms with Gasteiger partial charge in [-0.2, -0.15) is 11.6 Å². The molecule has 76 valence electrons. The summed E-state index contributed by atoms with van der Waals surface area (Å²) in [6.45, 7) is 4.40. The minimum Gasteiger partial charge on any atom is -0.269 e. The second-order valence-corrected chi connectivity index (χ2v) is 2.84. The summed E-state index contributed by atoms with van der Waals surface area (Å²) in [5.41, 5.74) is 2.91. The zero-order valence-corrected chi connectivity index (χ0v) is 12.3. The van der Waals surface area contributed by atoms with E-state index < -0.39 is 0 Å². The molecule has 1 rings (SSSR count). The Morgan fingerprint density at radius 1 is 1.38 bits per heavy atom. The fourth-order valence-corrected chi connectivity index (χ4v) is 1.25. The summed E-state index contributed by atoms with van der Waals surface area (Å²) >= 11 is 0. The third-order valence-electron chi connectivity index (χ3n) is 2.00. The molecule has 3 heteroatoms. The van der Waals surface area contributed by atoms with Crippen LogP contribution in [0.4, 0.5) is 0 Å². The van der Waals surface area contributed by atoms with Crippen LogP contribution in [0.25, 0.3) is 0 Å². The van der Waals surface area contributed by atoms with Gasteiger partial charge < -0.3 is 0 Å². The predicted octanol–water partition coefficient (Wildman–Crippen LogP) is 4.10. The summed E-state index contributed by atoms with van der Waals surface area (Å²) in [6, 6.07) is 0. The largest absolute Gasteiger partial charge is 0.269 e. The van der Waals surface area contributed by atoms with E-state index in [-0.39, 0.29) is 51.0 Å². The van der Waals surface area contributed by atoms with Crippen molar-refractivity contribution in [1.82, 2.24) is 0 Å². The van der Waals surface area contributed by atoms with Crippen molar-refractivity contribution >= 4 is 24.8 Å². The maximum atomic E-state index is 3.30. The van der Waals surface area contributed by atoms with Gasteiger partial charge in [0.1, 0.15) is 0 Å². The minimum absolute atomic E-state index is 0. The van der Waals surface area contributed by atoms with Gasteiger partial charge in [-0.15, -0.1) is 31.2 Å². The first kappa shape index (κ1) is 19.5. The third kappa shape index (κ3) is 6.94. The van der Waals surface area contributed by atoms with Crippen molar-refractivity contribution in [3.05, 3.63) is 23.3 Å². The molecule has 0 aromatic heterocycles. The number of unbranched alkanes of at least 4 members (excludes halogenated alkanes) is 1. The van der Waals surface area contributed by atoms with Crippen LogP contribution in [0.5, 0.6) is 0 Å². The maximum Gasteiger partial charge on any atom is 0 e. The summed E-state index contributed by atoms with van der Waals surface area (Å²) < 4.78 is 0. The molecule has 0 spiro atoms. The van der Waals surface area contributed by atoms with Gasteiger partial charge in [-0.1, -0.05) is 33.1 Å². The van der Waals surface area contributed by atoms with Crippen LogP contribution in [0.1, 0.15) is 39.5 Å². The van der Waals surface area contributed by atoms with Gasteiger partial charge in [-0.25, -0.2) is 5.57 Å². The smallest absolute Gasteiger partial charge is 0 e. The Morgan fingerprint density at radius 3 is 2.38 bits per heavy atom. The minimum atomic E-state index is 0. The molecule has 0 aromatic carbocycles. The van der Waals surface area contributed by atoms with E-state index in [4.69, 9.17) is 0 Å². The molecule has 0 radical (unpaired) electrons. The van der Waals surface area contributed by atoms with Crippen LogP contribution in [0.2, 0.25) is 0 Å². The van der Waals surface area contributed by atoms with E-state index in [1.807, 2.05) is 0 Å². The molecule has 0 aliphatic heterocycles. The molecular weight excluding hydrogens is 282 g/mol. The summed E-state index contributed by atoms with van der Waals surface area (Å²) in [5.74, 6) is 0. The molecule has 0 fully saturated rings. The normalized spacial score (nSPS) is 13.1. The van der Waals surface area contributed by atoms with Crippen LogP contribution in [0.3, 0.4) is 0 Å². The molecule has 0 saturated carbocycles. The summed E-state index contributed by atoms with van der Waals surface area (Å²) in [4.78, 5) is 0. The monoisotopic (exact) mass is 297 g/mol. The second-order valence-electron chi connectivity index (χ2n) is 2.84. The number of halogens is 2. The van der Waals surface area contributed by atoms with Gasteiger partial charge in [0.05, 0.1) is 0 Å². The van der Waals surface area contributed by atoms with E-state index in [9.17, 15) is 0 Å². The molecule has 0 aromatic rings. The molecular formula is C10H17Cl2Zr-. The molecule has 0 atom stereocenters. The van der Waals surface area contributed by atoms with Crippen LogP contribution in [0, 0.1) is 6.08 Å². The first-order valence-corrected chi connectivity index (χ1v) is 4.11. The van der Waals surface area contributed by atoms with Crippen molar-refractivity contribution < 1.29 is 26.2 Å². The van der Waals surface area contributed by atoms with Crippen molar-refractivity contribution in [2.24, 2.45) is 0 Å². The third-order valence-corrected chi connectivity index (χ3v) is 2.00. The molecule has 0 unspecified atom stereocenters. The van der Waals surface area contributed by atoms with Gasteiger partial charge in [0, 0.05) is 26.2 Å².